The molecule has 4 nitrogen and oxygen atoms in total. The van der Waals surface area contributed by atoms with Crippen LogP contribution in [-0.4, -0.2) is 44.2 Å². The Hall–Kier alpha value is -1.83. The average molecular weight is 274 g/mol. The Labute approximate surface area is 120 Å². The highest BCUT2D eigenvalue weighted by Gasteiger charge is 2.17. The van der Waals surface area contributed by atoms with Crippen LogP contribution in [0.25, 0.3) is 0 Å². The second kappa shape index (κ2) is 7.68. The number of amides is 1. The third-order valence-corrected chi connectivity index (χ3v) is 3.05. The Bertz CT molecular complexity index is 529. The van der Waals surface area contributed by atoms with Crippen LogP contribution in [0, 0.1) is 18.8 Å². The molecule has 0 bridgehead atoms. The lowest BCUT2D eigenvalue weighted by atomic mass is 10.1. The predicted molar refractivity (Wildman–Crippen MR) is 80.5 cm³/mol. The second-order valence-corrected chi connectivity index (χ2v) is 4.81. The minimum absolute atomic E-state index is 0.0200. The maximum Gasteiger partial charge on any atom is 0.253 e. The summed E-state index contributed by atoms with van der Waals surface area (Å²) in [5, 5.41) is 0. The zero-order valence-corrected chi connectivity index (χ0v) is 12.6. The molecular formula is C16H22N2O2. The number of carbonyl (C=O) groups is 1. The molecule has 0 aliphatic heterocycles. The van der Waals surface area contributed by atoms with Crippen molar-refractivity contribution in [2.75, 3.05) is 27.3 Å². The summed E-state index contributed by atoms with van der Waals surface area (Å²) in [6, 6.07) is 5.63. The van der Waals surface area contributed by atoms with Crippen LogP contribution in [0.4, 0.5) is 0 Å². The van der Waals surface area contributed by atoms with Gasteiger partial charge in [0, 0.05) is 25.3 Å². The number of nitrogens with zero attached hydrogens (tertiary/aromatic N) is 1. The van der Waals surface area contributed by atoms with Gasteiger partial charge in [-0.25, -0.2) is 0 Å². The molecule has 1 unspecified atom stereocenters. The van der Waals surface area contributed by atoms with Crippen LogP contribution >= 0.6 is 0 Å². The van der Waals surface area contributed by atoms with Gasteiger partial charge in [-0.15, -0.1) is 0 Å². The maximum atomic E-state index is 12.4. The van der Waals surface area contributed by atoms with Crippen molar-refractivity contribution >= 4 is 5.91 Å². The van der Waals surface area contributed by atoms with E-state index in [0.717, 1.165) is 11.1 Å². The van der Waals surface area contributed by atoms with Crippen molar-refractivity contribution in [3.05, 3.63) is 34.9 Å². The first-order chi connectivity index (χ1) is 9.49. The van der Waals surface area contributed by atoms with Crippen molar-refractivity contribution < 1.29 is 9.53 Å². The average Bonchev–Trinajstić information content (AvgIpc) is 2.43. The Morgan fingerprint density at radius 1 is 1.45 bits per heavy atom. The van der Waals surface area contributed by atoms with Crippen LogP contribution in [0.3, 0.4) is 0 Å². The molecule has 0 heterocycles. The molecule has 0 aromatic heterocycles. The SMILES string of the molecule is COCC(C)N(C)C(=O)c1cc(C)cc(C#CCN)c1. The van der Waals surface area contributed by atoms with Gasteiger partial charge < -0.3 is 15.4 Å². The van der Waals surface area contributed by atoms with E-state index in [4.69, 9.17) is 10.5 Å². The fourth-order valence-electron chi connectivity index (χ4n) is 1.89. The third-order valence-electron chi connectivity index (χ3n) is 3.05. The molecule has 1 rings (SSSR count). The van der Waals surface area contributed by atoms with Crippen molar-refractivity contribution in [1.82, 2.24) is 4.90 Å². The van der Waals surface area contributed by atoms with E-state index in [1.807, 2.05) is 26.0 Å². The number of hydrogen-bond donors (Lipinski definition) is 1. The first kappa shape index (κ1) is 16.2. The molecule has 0 saturated carbocycles. The molecule has 0 aliphatic carbocycles. The monoisotopic (exact) mass is 274 g/mol. The molecule has 1 aromatic rings. The number of hydrogen-bond acceptors (Lipinski definition) is 3. The number of nitrogens with two attached hydrogens (primary N) is 1. The number of carbonyl (C=O) groups excluding carboxylic acids is 1. The first-order valence-electron chi connectivity index (χ1n) is 6.56. The summed E-state index contributed by atoms with van der Waals surface area (Å²) < 4.78 is 5.08. The summed E-state index contributed by atoms with van der Waals surface area (Å²) in [6.45, 7) is 4.71. The fourth-order valence-corrected chi connectivity index (χ4v) is 1.89. The number of ether oxygens (including phenoxy) is 1. The fraction of sp³-hybridized carbons (Fsp3) is 0.438. The number of likely N-dealkylation sites (N-methyl/N-ethyl adjacent to an activating group) is 1. The topological polar surface area (TPSA) is 55.6 Å². The normalized spacial score (nSPS) is 11.4. The molecule has 1 aromatic carbocycles. The van der Waals surface area contributed by atoms with Crippen molar-refractivity contribution in [3.63, 3.8) is 0 Å². The molecular weight excluding hydrogens is 252 g/mol. The quantitative estimate of drug-likeness (QED) is 0.845. The highest BCUT2D eigenvalue weighted by atomic mass is 16.5. The van der Waals surface area contributed by atoms with E-state index in [2.05, 4.69) is 11.8 Å². The lowest BCUT2D eigenvalue weighted by molar-refractivity contribution is 0.0633. The number of rotatable bonds is 4. The van der Waals surface area contributed by atoms with Crippen molar-refractivity contribution in [3.8, 4) is 11.8 Å². The van der Waals surface area contributed by atoms with Crippen LogP contribution < -0.4 is 5.73 Å². The van der Waals surface area contributed by atoms with Crippen LogP contribution in [0.2, 0.25) is 0 Å². The summed E-state index contributed by atoms with van der Waals surface area (Å²) >= 11 is 0. The molecule has 1 amide bonds. The molecule has 108 valence electrons. The molecule has 0 saturated heterocycles. The zero-order chi connectivity index (χ0) is 15.1. The van der Waals surface area contributed by atoms with Crippen LogP contribution in [-0.2, 0) is 4.74 Å². The van der Waals surface area contributed by atoms with Gasteiger partial charge in [-0.05, 0) is 37.6 Å². The van der Waals surface area contributed by atoms with Gasteiger partial charge in [0.25, 0.3) is 5.91 Å². The van der Waals surface area contributed by atoms with Gasteiger partial charge in [-0.1, -0.05) is 11.8 Å². The predicted octanol–water partition coefficient (Wildman–Crippen LogP) is 1.41. The van der Waals surface area contributed by atoms with Gasteiger partial charge in [-0.2, -0.15) is 0 Å². The lowest BCUT2D eigenvalue weighted by Crippen LogP contribution is -2.37. The minimum Gasteiger partial charge on any atom is -0.383 e. The van der Waals surface area contributed by atoms with E-state index in [9.17, 15) is 4.79 Å². The molecule has 0 fully saturated rings. The van der Waals surface area contributed by atoms with Gasteiger partial charge in [0.15, 0.2) is 0 Å². The summed E-state index contributed by atoms with van der Waals surface area (Å²) in [7, 11) is 3.40. The van der Waals surface area contributed by atoms with Crippen LogP contribution in [0.5, 0.6) is 0 Å². The summed E-state index contributed by atoms with van der Waals surface area (Å²) in [6.07, 6.45) is 0. The lowest BCUT2D eigenvalue weighted by Gasteiger charge is -2.24. The largest absolute Gasteiger partial charge is 0.383 e. The van der Waals surface area contributed by atoms with E-state index < -0.39 is 0 Å². The first-order valence-corrected chi connectivity index (χ1v) is 6.56. The standard InChI is InChI=1S/C16H22N2O2/c1-12-8-14(6-5-7-17)10-15(9-12)16(19)18(3)13(2)11-20-4/h8-10,13H,7,11,17H2,1-4H3. The van der Waals surface area contributed by atoms with E-state index >= 15 is 0 Å². The Kier molecular flexibility index (Phi) is 6.23. The van der Waals surface area contributed by atoms with Gasteiger partial charge in [0.05, 0.1) is 19.2 Å². The van der Waals surface area contributed by atoms with E-state index in [-0.39, 0.29) is 11.9 Å². The Morgan fingerprint density at radius 3 is 2.75 bits per heavy atom. The van der Waals surface area contributed by atoms with E-state index in [1.54, 1.807) is 25.1 Å². The van der Waals surface area contributed by atoms with E-state index in [1.165, 1.54) is 0 Å². The molecule has 0 spiro atoms. The van der Waals surface area contributed by atoms with Gasteiger partial charge in [0.1, 0.15) is 0 Å². The highest BCUT2D eigenvalue weighted by Crippen LogP contribution is 2.12. The smallest absolute Gasteiger partial charge is 0.253 e. The molecule has 1 atom stereocenters. The molecule has 0 aliphatic rings. The Morgan fingerprint density at radius 2 is 2.15 bits per heavy atom. The van der Waals surface area contributed by atoms with Crippen molar-refractivity contribution in [2.45, 2.75) is 19.9 Å². The van der Waals surface area contributed by atoms with Crippen molar-refractivity contribution in [2.24, 2.45) is 5.73 Å². The summed E-state index contributed by atoms with van der Waals surface area (Å²) in [5.41, 5.74) is 7.82. The minimum atomic E-state index is -0.0333. The highest BCUT2D eigenvalue weighted by molar-refractivity contribution is 5.94. The van der Waals surface area contributed by atoms with Gasteiger partial charge in [0.2, 0.25) is 0 Å². The second-order valence-electron chi connectivity index (χ2n) is 4.81. The molecule has 2 N–H and O–H groups in total. The van der Waals surface area contributed by atoms with Crippen LogP contribution in [0.1, 0.15) is 28.4 Å². The number of aryl methyl sites for hydroxylation is 1. The number of benzene rings is 1. The van der Waals surface area contributed by atoms with Gasteiger partial charge in [-0.3, -0.25) is 4.79 Å². The third kappa shape index (κ3) is 4.37. The number of methoxy groups -OCH3 is 1. The van der Waals surface area contributed by atoms with Crippen molar-refractivity contribution in [1.29, 1.82) is 0 Å². The zero-order valence-electron chi connectivity index (χ0n) is 12.6. The summed E-state index contributed by atoms with van der Waals surface area (Å²) in [4.78, 5) is 14.1. The van der Waals surface area contributed by atoms with Crippen LogP contribution in [0.15, 0.2) is 18.2 Å². The molecule has 4 heteroatoms. The van der Waals surface area contributed by atoms with Gasteiger partial charge >= 0.3 is 0 Å². The molecule has 0 radical (unpaired) electrons. The maximum absolute atomic E-state index is 12.4. The summed E-state index contributed by atoms with van der Waals surface area (Å²) in [5.74, 6) is 5.73. The molecule has 20 heavy (non-hydrogen) atoms. The van der Waals surface area contributed by atoms with E-state index in [0.29, 0.717) is 18.7 Å². The Balaban J connectivity index is 3.00.